The Labute approximate surface area is 253 Å². The molecule has 3 aromatic heterocycles. The standard InChI is InChI=1S/C39H25N5/c1-3-14-26(15-4-1)28-21-13-22-32-31-20-9-12-25-35(31)44(36(28)32)39-41-37(27-16-5-2-6-17-27)40-38(42-39)43-33-23-10-7-18-29(33)30-19-8-11-24-34(30)43/h1-25H. The van der Waals surface area contributed by atoms with Crippen LogP contribution in [0, 0.1) is 0 Å². The molecule has 0 radical (unpaired) electrons. The number of fused-ring (bicyclic) bond motifs is 6. The maximum absolute atomic E-state index is 5.28. The van der Waals surface area contributed by atoms with E-state index in [-0.39, 0.29) is 0 Å². The van der Waals surface area contributed by atoms with Gasteiger partial charge in [-0.1, -0.05) is 133 Å². The molecule has 0 unspecified atom stereocenters. The largest absolute Gasteiger partial charge is 0.278 e. The average Bonchev–Trinajstić information content (AvgIpc) is 3.62. The molecule has 6 aromatic carbocycles. The van der Waals surface area contributed by atoms with Gasteiger partial charge in [-0.15, -0.1) is 0 Å². The number of rotatable bonds is 4. The first-order chi connectivity index (χ1) is 21.8. The third-order valence-electron chi connectivity index (χ3n) is 8.40. The zero-order valence-electron chi connectivity index (χ0n) is 23.7. The van der Waals surface area contributed by atoms with Gasteiger partial charge in [-0.2, -0.15) is 15.0 Å². The van der Waals surface area contributed by atoms with Crippen LogP contribution in [-0.2, 0) is 0 Å². The molecule has 0 N–H and O–H groups in total. The summed E-state index contributed by atoms with van der Waals surface area (Å²) >= 11 is 0. The summed E-state index contributed by atoms with van der Waals surface area (Å²) in [6.45, 7) is 0. The molecule has 5 heteroatoms. The number of hydrogen-bond donors (Lipinski definition) is 0. The predicted octanol–water partition coefficient (Wildman–Crippen LogP) is 9.40. The first-order valence-electron chi connectivity index (χ1n) is 14.7. The summed E-state index contributed by atoms with van der Waals surface area (Å²) in [6.07, 6.45) is 0. The summed E-state index contributed by atoms with van der Waals surface area (Å²) in [5, 5.41) is 4.63. The fourth-order valence-electron chi connectivity index (χ4n) is 6.49. The molecule has 0 aliphatic carbocycles. The third-order valence-corrected chi connectivity index (χ3v) is 8.40. The lowest BCUT2D eigenvalue weighted by atomic mass is 10.0. The molecular formula is C39H25N5. The van der Waals surface area contributed by atoms with Crippen molar-refractivity contribution in [1.82, 2.24) is 24.1 Å². The fraction of sp³-hybridized carbons (Fsp3) is 0. The minimum atomic E-state index is 0.574. The van der Waals surface area contributed by atoms with Gasteiger partial charge in [0, 0.05) is 32.7 Å². The van der Waals surface area contributed by atoms with Crippen LogP contribution in [0.4, 0.5) is 0 Å². The molecule has 0 amide bonds. The van der Waals surface area contributed by atoms with Gasteiger partial charge in [-0.25, -0.2) is 0 Å². The summed E-state index contributed by atoms with van der Waals surface area (Å²) in [7, 11) is 0. The second-order valence-electron chi connectivity index (χ2n) is 10.9. The summed E-state index contributed by atoms with van der Waals surface area (Å²) < 4.78 is 4.37. The van der Waals surface area contributed by atoms with Crippen LogP contribution in [0.15, 0.2) is 152 Å². The molecule has 0 fully saturated rings. The molecule has 5 nitrogen and oxygen atoms in total. The zero-order valence-corrected chi connectivity index (χ0v) is 23.7. The van der Waals surface area contributed by atoms with E-state index in [1.165, 1.54) is 0 Å². The van der Waals surface area contributed by atoms with E-state index in [2.05, 4.69) is 143 Å². The molecule has 0 aliphatic rings. The number of hydrogen-bond acceptors (Lipinski definition) is 3. The van der Waals surface area contributed by atoms with Crippen molar-refractivity contribution in [3.8, 4) is 34.4 Å². The van der Waals surface area contributed by atoms with Gasteiger partial charge in [0.1, 0.15) is 0 Å². The average molecular weight is 564 g/mol. The van der Waals surface area contributed by atoms with Crippen LogP contribution in [0.25, 0.3) is 78.0 Å². The maximum atomic E-state index is 5.28. The highest BCUT2D eigenvalue weighted by molar-refractivity contribution is 6.13. The lowest BCUT2D eigenvalue weighted by molar-refractivity contribution is 0.893. The van der Waals surface area contributed by atoms with Crippen LogP contribution in [-0.4, -0.2) is 24.1 Å². The van der Waals surface area contributed by atoms with Crippen LogP contribution in [0.3, 0.4) is 0 Å². The molecule has 9 rings (SSSR count). The van der Waals surface area contributed by atoms with E-state index in [1.54, 1.807) is 0 Å². The lowest BCUT2D eigenvalue weighted by Crippen LogP contribution is -2.10. The Kier molecular flexibility index (Phi) is 5.43. The van der Waals surface area contributed by atoms with Crippen LogP contribution in [0.2, 0.25) is 0 Å². The van der Waals surface area contributed by atoms with E-state index in [1.807, 2.05) is 18.2 Å². The smallest absolute Gasteiger partial charge is 0.240 e. The van der Waals surface area contributed by atoms with Crippen molar-refractivity contribution in [3.63, 3.8) is 0 Å². The highest BCUT2D eigenvalue weighted by Crippen LogP contribution is 2.38. The van der Waals surface area contributed by atoms with Gasteiger partial charge in [0.05, 0.1) is 22.1 Å². The van der Waals surface area contributed by atoms with Gasteiger partial charge < -0.3 is 0 Å². The molecule has 206 valence electrons. The quantitative estimate of drug-likeness (QED) is 0.214. The van der Waals surface area contributed by atoms with Crippen molar-refractivity contribution in [2.45, 2.75) is 0 Å². The highest BCUT2D eigenvalue weighted by Gasteiger charge is 2.21. The molecule has 0 atom stereocenters. The van der Waals surface area contributed by atoms with E-state index in [9.17, 15) is 0 Å². The van der Waals surface area contributed by atoms with E-state index >= 15 is 0 Å². The molecule has 3 heterocycles. The summed E-state index contributed by atoms with van der Waals surface area (Å²) in [4.78, 5) is 15.6. The predicted molar refractivity (Wildman–Crippen MR) is 179 cm³/mol. The van der Waals surface area contributed by atoms with E-state index in [4.69, 9.17) is 15.0 Å². The molecule has 9 aromatic rings. The summed E-state index contributed by atoms with van der Waals surface area (Å²) in [5.74, 6) is 1.77. The van der Waals surface area contributed by atoms with E-state index in [0.717, 1.165) is 60.3 Å². The second kappa shape index (κ2) is 9.75. The first-order valence-corrected chi connectivity index (χ1v) is 14.7. The fourth-order valence-corrected chi connectivity index (χ4v) is 6.49. The molecule has 0 spiro atoms. The van der Waals surface area contributed by atoms with Gasteiger partial charge in [0.15, 0.2) is 5.82 Å². The number of benzene rings is 6. The Hall–Kier alpha value is -6.07. The molecule has 0 saturated carbocycles. The summed E-state index contributed by atoms with van der Waals surface area (Å²) in [6, 6.07) is 52.6. The lowest BCUT2D eigenvalue weighted by Gasteiger charge is -2.14. The third kappa shape index (κ3) is 3.69. The normalized spacial score (nSPS) is 11.6. The number of nitrogens with zero attached hydrogens (tertiary/aromatic N) is 5. The van der Waals surface area contributed by atoms with Crippen molar-refractivity contribution >= 4 is 43.6 Å². The van der Waals surface area contributed by atoms with Crippen molar-refractivity contribution in [1.29, 1.82) is 0 Å². The van der Waals surface area contributed by atoms with Crippen LogP contribution >= 0.6 is 0 Å². The zero-order chi connectivity index (χ0) is 29.0. The molecule has 0 aliphatic heterocycles. The van der Waals surface area contributed by atoms with Gasteiger partial charge in [0.25, 0.3) is 0 Å². The monoisotopic (exact) mass is 563 g/mol. The van der Waals surface area contributed by atoms with Crippen LogP contribution in [0.5, 0.6) is 0 Å². The van der Waals surface area contributed by atoms with Crippen molar-refractivity contribution in [2.24, 2.45) is 0 Å². The van der Waals surface area contributed by atoms with Crippen molar-refractivity contribution < 1.29 is 0 Å². The van der Waals surface area contributed by atoms with Crippen LogP contribution in [0.1, 0.15) is 0 Å². The Bertz CT molecular complexity index is 2440. The minimum Gasteiger partial charge on any atom is -0.278 e. The molecule has 0 saturated heterocycles. The second-order valence-corrected chi connectivity index (χ2v) is 10.9. The number of para-hydroxylation sites is 4. The molecular weight excluding hydrogens is 538 g/mol. The highest BCUT2D eigenvalue weighted by atomic mass is 15.3. The Balaban J connectivity index is 1.43. The van der Waals surface area contributed by atoms with Crippen LogP contribution < -0.4 is 0 Å². The van der Waals surface area contributed by atoms with E-state index in [0.29, 0.717) is 17.7 Å². The maximum Gasteiger partial charge on any atom is 0.240 e. The topological polar surface area (TPSA) is 48.5 Å². The number of aromatic nitrogens is 5. The molecule has 44 heavy (non-hydrogen) atoms. The van der Waals surface area contributed by atoms with Gasteiger partial charge in [0.2, 0.25) is 11.9 Å². The van der Waals surface area contributed by atoms with Gasteiger partial charge in [-0.05, 0) is 23.8 Å². The summed E-state index contributed by atoms with van der Waals surface area (Å²) in [5.41, 5.74) is 7.42. The van der Waals surface area contributed by atoms with E-state index < -0.39 is 0 Å². The molecule has 0 bridgehead atoms. The van der Waals surface area contributed by atoms with Gasteiger partial charge in [-0.3, -0.25) is 9.13 Å². The minimum absolute atomic E-state index is 0.574. The SMILES string of the molecule is c1ccc(-c2nc(-n3c4ccccc4c4ccccc43)nc(-n3c4ccccc4c4cccc(-c5ccccc5)c43)n2)cc1. The first kappa shape index (κ1) is 24.5. The Morgan fingerprint density at radius 1 is 0.341 bits per heavy atom. The van der Waals surface area contributed by atoms with Crippen molar-refractivity contribution in [2.75, 3.05) is 0 Å². The Morgan fingerprint density at radius 3 is 1.41 bits per heavy atom. The Morgan fingerprint density at radius 2 is 0.795 bits per heavy atom. The van der Waals surface area contributed by atoms with Gasteiger partial charge >= 0.3 is 0 Å². The van der Waals surface area contributed by atoms with Crippen molar-refractivity contribution in [3.05, 3.63) is 152 Å².